The number of piperidine rings is 1. The molecule has 3 heterocycles. The van der Waals surface area contributed by atoms with E-state index in [1.54, 1.807) is 24.7 Å². The van der Waals surface area contributed by atoms with E-state index in [-0.39, 0.29) is 18.6 Å². The standard InChI is InChI=1S/C23H23N3O3/c27-16-18-4-1-2-6-21(18)22-8-7-17(14-25-22)23(28)26-12-9-19(10-13-26)29-20-5-3-11-24-15-20/h1-8,11,14-15,19,27H,9-10,12-13,16H2. The zero-order valence-corrected chi connectivity index (χ0v) is 16.1. The summed E-state index contributed by atoms with van der Waals surface area (Å²) in [5.41, 5.74) is 3.01. The van der Waals surface area contributed by atoms with Crippen molar-refractivity contribution in [1.82, 2.24) is 14.9 Å². The van der Waals surface area contributed by atoms with Gasteiger partial charge in [0.2, 0.25) is 0 Å². The lowest BCUT2D eigenvalue weighted by molar-refractivity contribution is 0.0594. The fourth-order valence-electron chi connectivity index (χ4n) is 3.56. The molecule has 0 spiro atoms. The van der Waals surface area contributed by atoms with Crippen molar-refractivity contribution in [3.05, 3.63) is 78.2 Å². The van der Waals surface area contributed by atoms with Gasteiger partial charge in [-0.25, -0.2) is 0 Å². The number of pyridine rings is 2. The van der Waals surface area contributed by atoms with Gasteiger partial charge in [-0.05, 0) is 29.8 Å². The number of nitrogens with zero attached hydrogens (tertiary/aromatic N) is 3. The summed E-state index contributed by atoms with van der Waals surface area (Å²) < 4.78 is 5.94. The molecule has 3 aromatic rings. The molecule has 6 heteroatoms. The van der Waals surface area contributed by atoms with Gasteiger partial charge in [-0.3, -0.25) is 14.8 Å². The Labute approximate surface area is 169 Å². The maximum Gasteiger partial charge on any atom is 0.255 e. The molecular weight excluding hydrogens is 366 g/mol. The molecule has 0 atom stereocenters. The Morgan fingerprint density at radius 2 is 1.90 bits per heavy atom. The van der Waals surface area contributed by atoms with Crippen LogP contribution in [0.4, 0.5) is 0 Å². The minimum absolute atomic E-state index is 0.0145. The minimum atomic E-state index is -0.0470. The van der Waals surface area contributed by atoms with E-state index < -0.39 is 0 Å². The van der Waals surface area contributed by atoms with Gasteiger partial charge in [0.25, 0.3) is 5.91 Å². The molecule has 29 heavy (non-hydrogen) atoms. The zero-order chi connectivity index (χ0) is 20.1. The van der Waals surface area contributed by atoms with E-state index in [1.807, 2.05) is 47.4 Å². The van der Waals surface area contributed by atoms with Crippen molar-refractivity contribution < 1.29 is 14.6 Å². The Hall–Kier alpha value is -3.25. The SMILES string of the molecule is O=C(c1ccc(-c2ccccc2CO)nc1)N1CCC(Oc2cccnc2)CC1. The Morgan fingerprint density at radius 1 is 1.07 bits per heavy atom. The zero-order valence-electron chi connectivity index (χ0n) is 16.1. The van der Waals surface area contributed by atoms with Gasteiger partial charge in [-0.15, -0.1) is 0 Å². The molecule has 1 aromatic carbocycles. The predicted molar refractivity (Wildman–Crippen MR) is 109 cm³/mol. The summed E-state index contributed by atoms with van der Waals surface area (Å²) in [6.07, 6.45) is 6.71. The number of carbonyl (C=O) groups is 1. The van der Waals surface area contributed by atoms with Crippen molar-refractivity contribution in [2.24, 2.45) is 0 Å². The summed E-state index contributed by atoms with van der Waals surface area (Å²) >= 11 is 0. The topological polar surface area (TPSA) is 75.5 Å². The molecule has 1 amide bonds. The highest BCUT2D eigenvalue weighted by molar-refractivity contribution is 5.94. The van der Waals surface area contributed by atoms with Crippen LogP contribution < -0.4 is 4.74 Å². The number of aliphatic hydroxyl groups is 1. The number of carbonyl (C=O) groups excluding carboxylic acids is 1. The second-order valence-corrected chi connectivity index (χ2v) is 7.05. The van der Waals surface area contributed by atoms with Crippen LogP contribution in [0, 0.1) is 0 Å². The lowest BCUT2D eigenvalue weighted by Gasteiger charge is -2.32. The van der Waals surface area contributed by atoms with Crippen LogP contribution in [-0.2, 0) is 6.61 Å². The molecule has 2 aromatic heterocycles. The third kappa shape index (κ3) is 4.43. The number of aliphatic hydroxyl groups excluding tert-OH is 1. The quantitative estimate of drug-likeness (QED) is 0.725. The minimum Gasteiger partial charge on any atom is -0.489 e. The first-order valence-electron chi connectivity index (χ1n) is 9.76. The van der Waals surface area contributed by atoms with Gasteiger partial charge in [0.05, 0.1) is 24.1 Å². The normalized spacial score (nSPS) is 14.6. The lowest BCUT2D eigenvalue weighted by Crippen LogP contribution is -2.41. The van der Waals surface area contributed by atoms with Crippen molar-refractivity contribution in [2.75, 3.05) is 13.1 Å². The average Bonchev–Trinajstić information content (AvgIpc) is 2.80. The second-order valence-electron chi connectivity index (χ2n) is 7.05. The van der Waals surface area contributed by atoms with Crippen molar-refractivity contribution in [3.8, 4) is 17.0 Å². The number of likely N-dealkylation sites (tertiary alicyclic amines) is 1. The summed E-state index contributed by atoms with van der Waals surface area (Å²) in [5, 5.41) is 9.51. The molecule has 0 saturated carbocycles. The summed E-state index contributed by atoms with van der Waals surface area (Å²) in [5.74, 6) is 0.750. The van der Waals surface area contributed by atoms with Gasteiger partial charge in [-0.1, -0.05) is 24.3 Å². The van der Waals surface area contributed by atoms with Crippen molar-refractivity contribution in [2.45, 2.75) is 25.6 Å². The van der Waals surface area contributed by atoms with E-state index in [4.69, 9.17) is 4.74 Å². The molecule has 6 nitrogen and oxygen atoms in total. The molecule has 0 radical (unpaired) electrons. The van der Waals surface area contributed by atoms with Crippen LogP contribution >= 0.6 is 0 Å². The summed E-state index contributed by atoms with van der Waals surface area (Å²) in [4.78, 5) is 23.2. The average molecular weight is 389 g/mol. The van der Waals surface area contributed by atoms with Gasteiger partial charge in [0.15, 0.2) is 0 Å². The van der Waals surface area contributed by atoms with Crippen molar-refractivity contribution in [3.63, 3.8) is 0 Å². The predicted octanol–water partition coefficient (Wildman–Crippen LogP) is 3.32. The Morgan fingerprint density at radius 3 is 2.59 bits per heavy atom. The number of rotatable bonds is 5. The van der Waals surface area contributed by atoms with Crippen LogP contribution in [0.2, 0.25) is 0 Å². The molecule has 1 fully saturated rings. The van der Waals surface area contributed by atoms with E-state index in [1.165, 1.54) is 0 Å². The monoisotopic (exact) mass is 389 g/mol. The first kappa shape index (κ1) is 19.1. The van der Waals surface area contributed by atoms with Gasteiger partial charge in [0, 0.05) is 43.9 Å². The number of hydrogen-bond donors (Lipinski definition) is 1. The highest BCUT2D eigenvalue weighted by atomic mass is 16.5. The molecule has 1 N–H and O–H groups in total. The number of benzene rings is 1. The molecular formula is C23H23N3O3. The van der Waals surface area contributed by atoms with Crippen LogP contribution in [0.3, 0.4) is 0 Å². The molecule has 148 valence electrons. The molecule has 1 aliphatic heterocycles. The molecule has 0 aliphatic carbocycles. The van der Waals surface area contributed by atoms with Gasteiger partial charge in [0.1, 0.15) is 11.9 Å². The van der Waals surface area contributed by atoms with Gasteiger partial charge in [-0.2, -0.15) is 0 Å². The summed E-state index contributed by atoms with van der Waals surface area (Å²) in [6.45, 7) is 1.26. The molecule has 1 saturated heterocycles. The van der Waals surface area contributed by atoms with E-state index in [9.17, 15) is 9.90 Å². The van der Waals surface area contributed by atoms with Crippen LogP contribution in [0.5, 0.6) is 5.75 Å². The van der Waals surface area contributed by atoms with E-state index in [0.717, 1.165) is 35.4 Å². The highest BCUT2D eigenvalue weighted by Gasteiger charge is 2.25. The Bertz CT molecular complexity index is 953. The molecule has 4 rings (SSSR count). The second kappa shape index (κ2) is 8.84. The number of hydrogen-bond acceptors (Lipinski definition) is 5. The molecule has 1 aliphatic rings. The molecule has 0 bridgehead atoms. The first-order valence-corrected chi connectivity index (χ1v) is 9.76. The fourth-order valence-corrected chi connectivity index (χ4v) is 3.56. The van der Waals surface area contributed by atoms with Gasteiger partial charge < -0.3 is 14.7 Å². The summed E-state index contributed by atoms with van der Waals surface area (Å²) in [7, 11) is 0. The van der Waals surface area contributed by atoms with Crippen LogP contribution in [0.25, 0.3) is 11.3 Å². The lowest BCUT2D eigenvalue weighted by atomic mass is 10.0. The Balaban J connectivity index is 1.38. The molecule has 0 unspecified atom stereocenters. The first-order chi connectivity index (χ1) is 14.2. The number of aromatic nitrogens is 2. The van der Waals surface area contributed by atoms with Crippen LogP contribution in [0.15, 0.2) is 67.1 Å². The van der Waals surface area contributed by atoms with Crippen LogP contribution in [-0.4, -0.2) is 45.1 Å². The third-order valence-corrected chi connectivity index (χ3v) is 5.14. The largest absolute Gasteiger partial charge is 0.489 e. The van der Waals surface area contributed by atoms with E-state index in [2.05, 4.69) is 9.97 Å². The van der Waals surface area contributed by atoms with Crippen molar-refractivity contribution >= 4 is 5.91 Å². The van der Waals surface area contributed by atoms with Crippen molar-refractivity contribution in [1.29, 1.82) is 0 Å². The van der Waals surface area contributed by atoms with E-state index >= 15 is 0 Å². The maximum absolute atomic E-state index is 12.8. The third-order valence-electron chi connectivity index (χ3n) is 5.14. The summed E-state index contributed by atoms with van der Waals surface area (Å²) in [6, 6.07) is 15.0. The Kier molecular flexibility index (Phi) is 5.81. The van der Waals surface area contributed by atoms with Crippen LogP contribution in [0.1, 0.15) is 28.8 Å². The smallest absolute Gasteiger partial charge is 0.255 e. The maximum atomic E-state index is 12.8. The highest BCUT2D eigenvalue weighted by Crippen LogP contribution is 2.23. The number of ether oxygens (including phenoxy) is 1. The fraction of sp³-hybridized carbons (Fsp3) is 0.261. The van der Waals surface area contributed by atoms with Gasteiger partial charge >= 0.3 is 0 Å². The van der Waals surface area contributed by atoms with E-state index in [0.29, 0.717) is 18.7 Å². The number of amides is 1.